The van der Waals surface area contributed by atoms with Gasteiger partial charge in [-0.05, 0) is 40.8 Å². The molecule has 1 aliphatic rings. The molecule has 0 saturated carbocycles. The van der Waals surface area contributed by atoms with E-state index >= 15 is 0 Å². The quantitative estimate of drug-likeness (QED) is 0.353. The van der Waals surface area contributed by atoms with Crippen molar-refractivity contribution in [3.63, 3.8) is 0 Å². The Bertz CT molecular complexity index is 1100. The highest BCUT2D eigenvalue weighted by Gasteiger charge is 2.48. The van der Waals surface area contributed by atoms with Crippen molar-refractivity contribution in [1.82, 2.24) is 0 Å². The first-order valence-corrected chi connectivity index (χ1v) is 9.33. The molecule has 8 heteroatoms. The van der Waals surface area contributed by atoms with Gasteiger partial charge in [0.15, 0.2) is 0 Å². The number of halogens is 3. The molecule has 0 radical (unpaired) electrons. The minimum atomic E-state index is -5.69. The highest BCUT2D eigenvalue weighted by molar-refractivity contribution is 7.99. The Balaban J connectivity index is 1.82. The lowest BCUT2D eigenvalue weighted by Crippen LogP contribution is -2.28. The van der Waals surface area contributed by atoms with Crippen LogP contribution in [0.4, 0.5) is 13.2 Å². The summed E-state index contributed by atoms with van der Waals surface area (Å²) in [6.07, 6.45) is 0. The zero-order valence-corrected chi connectivity index (χ0v) is 14.0. The fourth-order valence-corrected chi connectivity index (χ4v) is 4.40. The summed E-state index contributed by atoms with van der Waals surface area (Å²) in [6, 6.07) is 15.7. The summed E-state index contributed by atoms with van der Waals surface area (Å²) in [6.45, 7) is 0. The second-order valence-electron chi connectivity index (χ2n) is 5.40. The number of hydrogen-bond acceptors (Lipinski definition) is 4. The molecule has 3 nitrogen and oxygen atoms in total. The average molecular weight is 382 g/mol. The normalized spacial score (nSPS) is 13.6. The van der Waals surface area contributed by atoms with E-state index in [-0.39, 0.29) is 5.75 Å². The Hall–Kier alpha value is -2.19. The van der Waals surface area contributed by atoms with E-state index in [0.717, 1.165) is 26.8 Å². The van der Waals surface area contributed by atoms with Gasteiger partial charge in [-0.15, -0.1) is 0 Å². The van der Waals surface area contributed by atoms with Gasteiger partial charge in [-0.25, -0.2) is 0 Å². The molecule has 0 N–H and O–H groups in total. The van der Waals surface area contributed by atoms with Crippen LogP contribution in [0.1, 0.15) is 0 Å². The van der Waals surface area contributed by atoms with Crippen LogP contribution in [0.25, 0.3) is 21.9 Å². The van der Waals surface area contributed by atoms with Gasteiger partial charge < -0.3 is 4.18 Å². The summed E-state index contributed by atoms with van der Waals surface area (Å²) >= 11 is 1.37. The van der Waals surface area contributed by atoms with Gasteiger partial charge in [0.1, 0.15) is 5.75 Å². The zero-order chi connectivity index (χ0) is 17.8. The minimum Gasteiger partial charge on any atom is -0.376 e. The molecular formula is C17H9F3O3S2. The topological polar surface area (TPSA) is 43.4 Å². The molecule has 25 heavy (non-hydrogen) atoms. The molecule has 1 aliphatic heterocycles. The predicted molar refractivity (Wildman–Crippen MR) is 89.1 cm³/mol. The second kappa shape index (κ2) is 5.40. The number of rotatable bonds is 2. The van der Waals surface area contributed by atoms with Crippen molar-refractivity contribution in [3.8, 4) is 16.9 Å². The van der Waals surface area contributed by atoms with Crippen LogP contribution >= 0.6 is 11.8 Å². The van der Waals surface area contributed by atoms with Crippen LogP contribution in [0.15, 0.2) is 64.4 Å². The van der Waals surface area contributed by atoms with E-state index in [0.29, 0.717) is 4.90 Å². The fraction of sp³-hybridized carbons (Fsp3) is 0.0588. The van der Waals surface area contributed by atoms with Gasteiger partial charge in [0.25, 0.3) is 0 Å². The summed E-state index contributed by atoms with van der Waals surface area (Å²) in [5.74, 6) is -0.366. The number of alkyl halides is 3. The molecule has 0 atom stereocenters. The van der Waals surface area contributed by atoms with Crippen LogP contribution in [-0.2, 0) is 10.1 Å². The summed E-state index contributed by atoms with van der Waals surface area (Å²) in [5.41, 5.74) is -3.69. The molecule has 0 unspecified atom stereocenters. The zero-order valence-electron chi connectivity index (χ0n) is 12.4. The van der Waals surface area contributed by atoms with E-state index in [9.17, 15) is 21.6 Å². The van der Waals surface area contributed by atoms with Crippen LogP contribution < -0.4 is 4.18 Å². The molecule has 128 valence electrons. The first kappa shape index (κ1) is 16.3. The van der Waals surface area contributed by atoms with E-state index in [1.165, 1.54) is 23.9 Å². The Morgan fingerprint density at radius 1 is 0.880 bits per heavy atom. The van der Waals surface area contributed by atoms with Crippen LogP contribution in [-0.4, -0.2) is 13.9 Å². The Morgan fingerprint density at radius 2 is 1.60 bits per heavy atom. The maximum Gasteiger partial charge on any atom is 0.534 e. The number of benzene rings is 3. The summed E-state index contributed by atoms with van der Waals surface area (Å²) < 4.78 is 64.1. The molecule has 0 aliphatic carbocycles. The number of fused-ring (bicyclic) bond motifs is 2. The van der Waals surface area contributed by atoms with Gasteiger partial charge in [-0.3, -0.25) is 0 Å². The molecule has 0 saturated heterocycles. The summed E-state index contributed by atoms with van der Waals surface area (Å²) in [7, 11) is -5.69. The highest BCUT2D eigenvalue weighted by Crippen LogP contribution is 2.48. The predicted octanol–water partition coefficient (Wildman–Crippen LogP) is 5.20. The standard InChI is InChI=1S/C17H9F3O3S2/c18-17(19,20)25(21,22)23-11-7-8-12-13-5-1-3-10-4-2-6-14(16(10)13)24-15(12)9-11/h1-9H. The molecule has 4 rings (SSSR count). The molecule has 0 amide bonds. The third-order valence-corrected chi connectivity index (χ3v) is 5.92. The molecule has 0 spiro atoms. The van der Waals surface area contributed by atoms with Crippen LogP contribution in [0, 0.1) is 0 Å². The van der Waals surface area contributed by atoms with Crippen LogP contribution in [0.3, 0.4) is 0 Å². The van der Waals surface area contributed by atoms with Crippen molar-refractivity contribution in [1.29, 1.82) is 0 Å². The van der Waals surface area contributed by atoms with Crippen molar-refractivity contribution in [3.05, 3.63) is 54.6 Å². The fourth-order valence-electron chi connectivity index (χ4n) is 2.77. The largest absolute Gasteiger partial charge is 0.534 e. The Morgan fingerprint density at radius 3 is 2.32 bits per heavy atom. The SMILES string of the molecule is O=S(=O)(Oc1ccc2c(c1)Sc1cccc3cccc-2c13)C(F)(F)F. The van der Waals surface area contributed by atoms with Gasteiger partial charge in [-0.1, -0.05) is 42.1 Å². The van der Waals surface area contributed by atoms with Crippen molar-refractivity contribution in [2.45, 2.75) is 15.3 Å². The van der Waals surface area contributed by atoms with Gasteiger partial charge in [-0.2, -0.15) is 21.6 Å². The van der Waals surface area contributed by atoms with Crippen LogP contribution in [0.5, 0.6) is 5.75 Å². The van der Waals surface area contributed by atoms with Gasteiger partial charge in [0.05, 0.1) is 0 Å². The Kier molecular flexibility index (Phi) is 3.52. The number of hydrogen-bond donors (Lipinski definition) is 0. The van der Waals surface area contributed by atoms with E-state index in [4.69, 9.17) is 0 Å². The highest BCUT2D eigenvalue weighted by atomic mass is 32.2. The Labute approximate surface area is 145 Å². The molecule has 3 aromatic carbocycles. The summed E-state index contributed by atoms with van der Waals surface area (Å²) in [4.78, 5) is 1.59. The molecule has 0 bridgehead atoms. The molecule has 3 aromatic rings. The van der Waals surface area contributed by atoms with Gasteiger partial charge in [0.2, 0.25) is 0 Å². The first-order valence-electron chi connectivity index (χ1n) is 7.11. The van der Waals surface area contributed by atoms with Crippen molar-refractivity contribution in [2.24, 2.45) is 0 Å². The lowest BCUT2D eigenvalue weighted by atomic mass is 9.97. The van der Waals surface area contributed by atoms with Gasteiger partial charge in [0, 0.05) is 15.2 Å². The minimum absolute atomic E-state index is 0.366. The smallest absolute Gasteiger partial charge is 0.376 e. The van der Waals surface area contributed by atoms with Crippen molar-refractivity contribution >= 4 is 32.7 Å². The van der Waals surface area contributed by atoms with Crippen molar-refractivity contribution in [2.75, 3.05) is 0 Å². The first-order chi connectivity index (χ1) is 11.8. The molecule has 0 aromatic heterocycles. The van der Waals surface area contributed by atoms with E-state index in [2.05, 4.69) is 4.18 Å². The third-order valence-electron chi connectivity index (χ3n) is 3.82. The maximum atomic E-state index is 12.5. The maximum absolute atomic E-state index is 12.5. The van der Waals surface area contributed by atoms with Crippen molar-refractivity contribution < 1.29 is 25.8 Å². The molecule has 1 heterocycles. The lowest BCUT2D eigenvalue weighted by Gasteiger charge is -2.20. The lowest BCUT2D eigenvalue weighted by molar-refractivity contribution is -0.0500. The van der Waals surface area contributed by atoms with E-state index < -0.39 is 15.6 Å². The second-order valence-corrected chi connectivity index (χ2v) is 8.02. The van der Waals surface area contributed by atoms with E-state index in [1.54, 1.807) is 6.07 Å². The average Bonchev–Trinajstić information content (AvgIpc) is 2.54. The summed E-state index contributed by atoms with van der Waals surface area (Å²) in [5, 5.41) is 2.13. The van der Waals surface area contributed by atoms with Gasteiger partial charge >= 0.3 is 15.6 Å². The third kappa shape index (κ3) is 2.65. The molecular weight excluding hydrogens is 373 g/mol. The van der Waals surface area contributed by atoms with E-state index in [1.807, 2.05) is 36.4 Å². The molecule has 0 fully saturated rings. The monoisotopic (exact) mass is 382 g/mol. The van der Waals surface area contributed by atoms with Crippen LogP contribution in [0.2, 0.25) is 0 Å².